The predicted octanol–water partition coefficient (Wildman–Crippen LogP) is 8.43. The number of unbranched alkanes of at least 4 members (excludes halogenated alkanes) is 8. The van der Waals surface area contributed by atoms with Crippen LogP contribution in [0.3, 0.4) is 0 Å². The van der Waals surface area contributed by atoms with E-state index in [0.717, 1.165) is 41.5 Å². The molecule has 2 aromatic carbocycles. The molecule has 0 radical (unpaired) electrons. The molecular formula is C33H38F3NO4. The molecule has 41 heavy (non-hydrogen) atoms. The summed E-state index contributed by atoms with van der Waals surface area (Å²) in [6.07, 6.45) is 7.86. The highest BCUT2D eigenvalue weighted by molar-refractivity contribution is 6.32. The number of fused-ring (bicyclic) bond motifs is 1. The lowest BCUT2D eigenvalue weighted by atomic mass is 10.1. The highest BCUT2D eigenvalue weighted by atomic mass is 19.4. The third-order valence-corrected chi connectivity index (χ3v) is 6.78. The molecule has 8 heteroatoms. The van der Waals surface area contributed by atoms with Gasteiger partial charge in [0.1, 0.15) is 11.8 Å². The molecule has 0 unspecified atom stereocenters. The maximum absolute atomic E-state index is 13.0. The van der Waals surface area contributed by atoms with E-state index in [0.29, 0.717) is 11.1 Å². The Bertz CT molecular complexity index is 1330. The summed E-state index contributed by atoms with van der Waals surface area (Å²) in [5.74, 6) is 4.53. The molecule has 0 bridgehead atoms. The van der Waals surface area contributed by atoms with Crippen LogP contribution in [0.25, 0.3) is 11.0 Å². The number of alkyl halides is 3. The Labute approximate surface area is 240 Å². The van der Waals surface area contributed by atoms with Crippen molar-refractivity contribution in [3.05, 3.63) is 71.0 Å². The average molecular weight is 570 g/mol. The van der Waals surface area contributed by atoms with E-state index in [2.05, 4.69) is 18.8 Å². The summed E-state index contributed by atoms with van der Waals surface area (Å²) in [5.41, 5.74) is 1.77. The molecule has 0 aliphatic heterocycles. The molecule has 0 spiro atoms. The fraction of sp³-hybridized carbons (Fsp3) is 0.455. The Morgan fingerprint density at radius 3 is 2.17 bits per heavy atom. The maximum atomic E-state index is 13.0. The zero-order valence-electron chi connectivity index (χ0n) is 23.8. The first-order valence-electron chi connectivity index (χ1n) is 14.3. The van der Waals surface area contributed by atoms with Gasteiger partial charge in [-0.05, 0) is 48.7 Å². The number of halogens is 3. The molecule has 1 aromatic heterocycles. The lowest BCUT2D eigenvalue weighted by molar-refractivity contribution is -0.160. The van der Waals surface area contributed by atoms with Gasteiger partial charge in [0.15, 0.2) is 0 Å². The van der Waals surface area contributed by atoms with Gasteiger partial charge in [-0.1, -0.05) is 81.9 Å². The van der Waals surface area contributed by atoms with Crippen molar-refractivity contribution in [3.63, 3.8) is 0 Å². The van der Waals surface area contributed by atoms with Crippen LogP contribution in [0.2, 0.25) is 0 Å². The maximum Gasteiger partial charge on any atom is 0.416 e. The minimum Gasteiger partial charge on any atom is -0.463 e. The average Bonchev–Trinajstić information content (AvgIpc) is 3.35. The van der Waals surface area contributed by atoms with Gasteiger partial charge in [0.05, 0.1) is 17.7 Å². The van der Waals surface area contributed by atoms with Crippen LogP contribution in [0.15, 0.2) is 53.1 Å². The van der Waals surface area contributed by atoms with Gasteiger partial charge < -0.3 is 14.1 Å². The molecule has 0 saturated carbocycles. The fourth-order valence-corrected chi connectivity index (χ4v) is 4.54. The lowest BCUT2D eigenvalue weighted by Gasteiger charge is -2.22. The highest BCUT2D eigenvalue weighted by Crippen LogP contribution is 2.29. The zero-order chi connectivity index (χ0) is 29.7. The number of rotatable bonds is 13. The Balaban J connectivity index is 1.69. The number of esters is 1. The number of nitrogens with zero attached hydrogens (tertiary/aromatic N) is 1. The Hall–Kier alpha value is -3.73. The summed E-state index contributed by atoms with van der Waals surface area (Å²) < 4.78 is 49.5. The van der Waals surface area contributed by atoms with Crippen LogP contribution in [0.5, 0.6) is 0 Å². The second-order valence-electron chi connectivity index (χ2n) is 10.1. The largest absolute Gasteiger partial charge is 0.463 e. The minimum atomic E-state index is -4.46. The SMILES string of the molecule is CCCCCCCCCCC#Cc1coc2ccc(CN(Cc3ccc(C(F)(F)F)cc3)C(=O)C(=O)OCC)cc12. The standard InChI is InChI=1S/C33H38F3NO4/c1-3-5-6-7-8-9-10-11-12-13-14-27-24-41-30-20-17-26(21-29(27)30)23-37(31(38)32(39)40-4-2)22-25-15-18-28(19-16-25)33(34,35)36/h15-21,24H,3-12,22-23H2,1-2H3. The highest BCUT2D eigenvalue weighted by Gasteiger charge is 2.30. The molecule has 0 saturated heterocycles. The molecule has 0 aliphatic carbocycles. The Kier molecular flexibility index (Phi) is 12.3. The molecule has 220 valence electrons. The number of furan rings is 1. The molecule has 3 aromatic rings. The minimum absolute atomic E-state index is 0.0284. The molecule has 0 N–H and O–H groups in total. The number of hydrogen-bond donors (Lipinski definition) is 0. The smallest absolute Gasteiger partial charge is 0.416 e. The summed E-state index contributed by atoms with van der Waals surface area (Å²) in [4.78, 5) is 26.4. The first-order valence-corrected chi connectivity index (χ1v) is 14.3. The van der Waals surface area contributed by atoms with Crippen molar-refractivity contribution < 1.29 is 31.9 Å². The van der Waals surface area contributed by atoms with Crippen molar-refractivity contribution in [2.45, 2.75) is 90.9 Å². The normalized spacial score (nSPS) is 11.2. The number of benzene rings is 2. The van der Waals surface area contributed by atoms with Gasteiger partial charge in [-0.25, -0.2) is 4.79 Å². The van der Waals surface area contributed by atoms with Crippen molar-refractivity contribution in [2.75, 3.05) is 6.61 Å². The van der Waals surface area contributed by atoms with E-state index in [1.165, 1.54) is 62.0 Å². The van der Waals surface area contributed by atoms with Crippen LogP contribution in [-0.4, -0.2) is 23.4 Å². The number of ether oxygens (including phenoxy) is 1. The van der Waals surface area contributed by atoms with E-state index < -0.39 is 23.6 Å². The number of carbonyl (C=O) groups excluding carboxylic acids is 2. The first kappa shape index (κ1) is 31.8. The molecule has 1 heterocycles. The molecular weight excluding hydrogens is 531 g/mol. The van der Waals surface area contributed by atoms with Gasteiger partial charge in [0, 0.05) is 24.9 Å². The number of carbonyl (C=O) groups is 2. The van der Waals surface area contributed by atoms with Crippen molar-refractivity contribution in [1.29, 1.82) is 0 Å². The van der Waals surface area contributed by atoms with E-state index in [4.69, 9.17) is 9.15 Å². The molecule has 3 rings (SSSR count). The topological polar surface area (TPSA) is 59.8 Å². The van der Waals surface area contributed by atoms with Crippen LogP contribution in [0, 0.1) is 11.8 Å². The van der Waals surface area contributed by atoms with Gasteiger partial charge in [0.2, 0.25) is 0 Å². The van der Waals surface area contributed by atoms with E-state index in [1.54, 1.807) is 25.3 Å². The van der Waals surface area contributed by atoms with Crippen LogP contribution in [0.4, 0.5) is 13.2 Å². The predicted molar refractivity (Wildman–Crippen MR) is 153 cm³/mol. The summed E-state index contributed by atoms with van der Waals surface area (Å²) in [6, 6.07) is 9.93. The molecule has 5 nitrogen and oxygen atoms in total. The van der Waals surface area contributed by atoms with E-state index in [1.807, 2.05) is 6.07 Å². The molecule has 0 aliphatic rings. The third kappa shape index (κ3) is 10.00. The number of hydrogen-bond acceptors (Lipinski definition) is 4. The van der Waals surface area contributed by atoms with Crippen LogP contribution >= 0.6 is 0 Å². The van der Waals surface area contributed by atoms with Gasteiger partial charge in [-0.15, -0.1) is 0 Å². The van der Waals surface area contributed by atoms with Crippen molar-refractivity contribution in [3.8, 4) is 11.8 Å². The first-order chi connectivity index (χ1) is 19.7. The second kappa shape index (κ2) is 15.9. The Morgan fingerprint density at radius 2 is 1.51 bits per heavy atom. The van der Waals surface area contributed by atoms with Gasteiger partial charge in [0.25, 0.3) is 0 Å². The summed E-state index contributed by atoms with van der Waals surface area (Å²) in [7, 11) is 0. The summed E-state index contributed by atoms with van der Waals surface area (Å²) in [5, 5.41) is 0.795. The lowest BCUT2D eigenvalue weighted by Crippen LogP contribution is -2.36. The second-order valence-corrected chi connectivity index (χ2v) is 10.1. The van der Waals surface area contributed by atoms with Crippen molar-refractivity contribution >= 4 is 22.8 Å². The van der Waals surface area contributed by atoms with Crippen LogP contribution in [-0.2, 0) is 33.6 Å². The van der Waals surface area contributed by atoms with E-state index in [9.17, 15) is 22.8 Å². The van der Waals surface area contributed by atoms with Crippen LogP contribution in [0.1, 0.15) is 93.9 Å². The molecule has 1 amide bonds. The van der Waals surface area contributed by atoms with Crippen molar-refractivity contribution in [1.82, 2.24) is 4.90 Å². The zero-order valence-corrected chi connectivity index (χ0v) is 23.8. The van der Waals surface area contributed by atoms with E-state index in [-0.39, 0.29) is 19.7 Å². The van der Waals surface area contributed by atoms with Crippen molar-refractivity contribution in [2.24, 2.45) is 0 Å². The molecule has 0 atom stereocenters. The number of amides is 1. The third-order valence-electron chi connectivity index (χ3n) is 6.78. The molecule has 0 fully saturated rings. The van der Waals surface area contributed by atoms with Gasteiger partial charge in [-0.2, -0.15) is 13.2 Å². The monoisotopic (exact) mass is 569 g/mol. The van der Waals surface area contributed by atoms with Gasteiger partial charge in [-0.3, -0.25) is 4.79 Å². The summed E-state index contributed by atoms with van der Waals surface area (Å²) in [6.45, 7) is 3.82. The Morgan fingerprint density at radius 1 is 0.878 bits per heavy atom. The summed E-state index contributed by atoms with van der Waals surface area (Å²) >= 11 is 0. The van der Waals surface area contributed by atoms with E-state index >= 15 is 0 Å². The quantitative estimate of drug-likeness (QED) is 0.0897. The van der Waals surface area contributed by atoms with Crippen LogP contribution < -0.4 is 0 Å². The van der Waals surface area contributed by atoms with Gasteiger partial charge >= 0.3 is 18.1 Å². The fourth-order valence-electron chi connectivity index (χ4n) is 4.54.